The van der Waals surface area contributed by atoms with Crippen LogP contribution in [-0.2, 0) is 9.59 Å². The largest absolute Gasteiger partial charge is 0.480 e. The number of hydrogen-bond acceptors (Lipinski definition) is 4. The number of carbonyl (C=O) groups excluding carboxylic acids is 1. The van der Waals surface area contributed by atoms with Crippen molar-refractivity contribution in [1.29, 1.82) is 0 Å². The van der Waals surface area contributed by atoms with Crippen LogP contribution in [0.1, 0.15) is 24.4 Å². The lowest BCUT2D eigenvalue weighted by molar-refractivity contribution is -0.142. The van der Waals surface area contributed by atoms with Crippen molar-refractivity contribution in [1.82, 2.24) is 15.1 Å². The standard InChI is InChI=1S/C17H25N3O3/c1-19(2)15(13-7-4-3-5-8-13)11-18-16(21)12-20-10-6-9-14(20)17(22)23/h3-5,7-8,14-15H,6,9-12H2,1-2H3,(H,18,21)(H,22,23). The van der Waals surface area contributed by atoms with Crippen LogP contribution >= 0.6 is 0 Å². The van der Waals surface area contributed by atoms with E-state index in [1.807, 2.05) is 44.4 Å². The highest BCUT2D eigenvalue weighted by atomic mass is 16.4. The van der Waals surface area contributed by atoms with Crippen LogP contribution in [0.15, 0.2) is 30.3 Å². The molecule has 1 fully saturated rings. The number of aliphatic carboxylic acids is 1. The van der Waals surface area contributed by atoms with Crippen LogP contribution in [-0.4, -0.2) is 66.6 Å². The molecule has 1 saturated heterocycles. The average Bonchev–Trinajstić information content (AvgIpc) is 2.96. The summed E-state index contributed by atoms with van der Waals surface area (Å²) in [7, 11) is 3.95. The van der Waals surface area contributed by atoms with Gasteiger partial charge in [-0.15, -0.1) is 0 Å². The molecule has 0 aromatic heterocycles. The van der Waals surface area contributed by atoms with E-state index in [1.54, 1.807) is 4.90 Å². The van der Waals surface area contributed by atoms with Gasteiger partial charge in [0, 0.05) is 6.54 Å². The summed E-state index contributed by atoms with van der Waals surface area (Å²) in [6.07, 6.45) is 1.45. The molecular formula is C17H25N3O3. The summed E-state index contributed by atoms with van der Waals surface area (Å²) in [4.78, 5) is 27.1. The molecule has 0 radical (unpaired) electrons. The van der Waals surface area contributed by atoms with Crippen molar-refractivity contribution < 1.29 is 14.7 Å². The Kier molecular flexibility index (Phi) is 6.12. The first-order valence-electron chi connectivity index (χ1n) is 7.94. The molecule has 0 saturated carbocycles. The van der Waals surface area contributed by atoms with Gasteiger partial charge < -0.3 is 15.3 Å². The topological polar surface area (TPSA) is 72.9 Å². The highest BCUT2D eigenvalue weighted by molar-refractivity contribution is 5.80. The number of nitrogens with zero attached hydrogens (tertiary/aromatic N) is 2. The number of hydrogen-bond donors (Lipinski definition) is 2. The Balaban J connectivity index is 1.88. The molecule has 1 aromatic carbocycles. The fourth-order valence-electron chi connectivity index (χ4n) is 3.02. The van der Waals surface area contributed by atoms with Gasteiger partial charge in [-0.25, -0.2) is 0 Å². The third-order valence-corrected chi connectivity index (χ3v) is 4.30. The van der Waals surface area contributed by atoms with Crippen LogP contribution in [0.25, 0.3) is 0 Å². The molecule has 1 aliphatic heterocycles. The zero-order valence-electron chi connectivity index (χ0n) is 13.7. The van der Waals surface area contributed by atoms with Crippen molar-refractivity contribution in [3.63, 3.8) is 0 Å². The summed E-state index contributed by atoms with van der Waals surface area (Å²) in [6, 6.07) is 9.57. The minimum Gasteiger partial charge on any atom is -0.480 e. The number of benzene rings is 1. The maximum Gasteiger partial charge on any atom is 0.320 e. The molecule has 0 bridgehead atoms. The fraction of sp³-hybridized carbons (Fsp3) is 0.529. The lowest BCUT2D eigenvalue weighted by Gasteiger charge is -2.26. The van der Waals surface area contributed by atoms with E-state index in [9.17, 15) is 9.59 Å². The first kappa shape index (κ1) is 17.4. The summed E-state index contributed by atoms with van der Waals surface area (Å²) in [5, 5.41) is 12.1. The molecule has 1 amide bonds. The van der Waals surface area contributed by atoms with Crippen molar-refractivity contribution in [2.45, 2.75) is 24.9 Å². The van der Waals surface area contributed by atoms with Crippen LogP contribution in [0.2, 0.25) is 0 Å². The monoisotopic (exact) mass is 319 g/mol. The van der Waals surface area contributed by atoms with E-state index in [1.165, 1.54) is 0 Å². The van der Waals surface area contributed by atoms with Crippen LogP contribution < -0.4 is 5.32 Å². The maximum atomic E-state index is 12.2. The molecule has 6 heteroatoms. The van der Waals surface area contributed by atoms with E-state index in [-0.39, 0.29) is 18.5 Å². The van der Waals surface area contributed by atoms with Gasteiger partial charge in [0.1, 0.15) is 6.04 Å². The smallest absolute Gasteiger partial charge is 0.320 e. The van der Waals surface area contributed by atoms with Gasteiger partial charge in [-0.05, 0) is 39.0 Å². The van der Waals surface area contributed by atoms with E-state index < -0.39 is 12.0 Å². The molecule has 126 valence electrons. The molecule has 6 nitrogen and oxygen atoms in total. The molecule has 2 atom stereocenters. The van der Waals surface area contributed by atoms with Gasteiger partial charge in [-0.1, -0.05) is 30.3 Å². The van der Waals surface area contributed by atoms with Gasteiger partial charge in [0.25, 0.3) is 0 Å². The average molecular weight is 319 g/mol. The summed E-state index contributed by atoms with van der Waals surface area (Å²) < 4.78 is 0. The van der Waals surface area contributed by atoms with Crippen LogP contribution in [0.5, 0.6) is 0 Å². The van der Waals surface area contributed by atoms with E-state index in [0.29, 0.717) is 19.5 Å². The van der Waals surface area contributed by atoms with Gasteiger partial charge in [0.15, 0.2) is 0 Å². The predicted molar refractivity (Wildman–Crippen MR) is 88.1 cm³/mol. The van der Waals surface area contributed by atoms with Crippen LogP contribution in [0.4, 0.5) is 0 Å². The Labute approximate surface area is 137 Å². The molecular weight excluding hydrogens is 294 g/mol. The van der Waals surface area contributed by atoms with Gasteiger partial charge in [-0.3, -0.25) is 14.5 Å². The number of likely N-dealkylation sites (N-methyl/N-ethyl adjacent to an activating group) is 1. The molecule has 2 unspecified atom stereocenters. The van der Waals surface area contributed by atoms with Gasteiger partial charge >= 0.3 is 5.97 Å². The molecule has 2 N–H and O–H groups in total. The number of likely N-dealkylation sites (tertiary alicyclic amines) is 1. The SMILES string of the molecule is CN(C)C(CNC(=O)CN1CCCC1C(=O)O)c1ccccc1. The van der Waals surface area contributed by atoms with E-state index in [0.717, 1.165) is 12.0 Å². The molecule has 1 aromatic rings. The Morgan fingerprint density at radius 2 is 2.04 bits per heavy atom. The highest BCUT2D eigenvalue weighted by Crippen LogP contribution is 2.18. The van der Waals surface area contributed by atoms with Gasteiger partial charge in [-0.2, -0.15) is 0 Å². The normalized spacial score (nSPS) is 19.7. The number of carboxylic acid groups (broad SMARTS) is 1. The molecule has 1 aliphatic rings. The van der Waals surface area contributed by atoms with Crippen molar-refractivity contribution in [2.75, 3.05) is 33.7 Å². The minimum atomic E-state index is -0.842. The van der Waals surface area contributed by atoms with Crippen molar-refractivity contribution >= 4 is 11.9 Å². The third kappa shape index (κ3) is 4.77. The van der Waals surface area contributed by atoms with Gasteiger partial charge in [0.05, 0.1) is 12.6 Å². The molecule has 1 heterocycles. The minimum absolute atomic E-state index is 0.0917. The second kappa shape index (κ2) is 8.08. The highest BCUT2D eigenvalue weighted by Gasteiger charge is 2.31. The molecule has 0 aliphatic carbocycles. The Hall–Kier alpha value is -1.92. The zero-order valence-corrected chi connectivity index (χ0v) is 13.7. The van der Waals surface area contributed by atoms with Crippen LogP contribution in [0, 0.1) is 0 Å². The summed E-state index contributed by atoms with van der Waals surface area (Å²) in [6.45, 7) is 1.31. The Bertz CT molecular complexity index is 533. The first-order chi connectivity index (χ1) is 11.0. The number of carboxylic acids is 1. The van der Waals surface area contributed by atoms with Crippen molar-refractivity contribution in [3.8, 4) is 0 Å². The molecule has 2 rings (SSSR count). The summed E-state index contributed by atoms with van der Waals surface area (Å²) in [5.74, 6) is -0.966. The summed E-state index contributed by atoms with van der Waals surface area (Å²) >= 11 is 0. The van der Waals surface area contributed by atoms with Crippen molar-refractivity contribution in [3.05, 3.63) is 35.9 Å². The number of nitrogens with one attached hydrogen (secondary N) is 1. The number of amides is 1. The van der Waals surface area contributed by atoms with Crippen LogP contribution in [0.3, 0.4) is 0 Å². The lowest BCUT2D eigenvalue weighted by Crippen LogP contribution is -2.44. The third-order valence-electron chi connectivity index (χ3n) is 4.30. The first-order valence-corrected chi connectivity index (χ1v) is 7.94. The van der Waals surface area contributed by atoms with E-state index in [2.05, 4.69) is 10.2 Å². The van der Waals surface area contributed by atoms with Crippen molar-refractivity contribution in [2.24, 2.45) is 0 Å². The maximum absolute atomic E-state index is 12.2. The zero-order chi connectivity index (χ0) is 16.8. The summed E-state index contributed by atoms with van der Waals surface area (Å²) in [5.41, 5.74) is 1.14. The molecule has 23 heavy (non-hydrogen) atoms. The Morgan fingerprint density at radius 1 is 1.35 bits per heavy atom. The lowest BCUT2D eigenvalue weighted by atomic mass is 10.1. The number of rotatable bonds is 7. The number of carbonyl (C=O) groups is 2. The second-order valence-corrected chi connectivity index (χ2v) is 6.16. The van der Waals surface area contributed by atoms with Gasteiger partial charge in [0.2, 0.25) is 5.91 Å². The second-order valence-electron chi connectivity index (χ2n) is 6.16. The van der Waals surface area contributed by atoms with E-state index in [4.69, 9.17) is 5.11 Å². The fourth-order valence-corrected chi connectivity index (χ4v) is 3.02. The van der Waals surface area contributed by atoms with E-state index >= 15 is 0 Å². The Morgan fingerprint density at radius 3 is 2.65 bits per heavy atom. The quantitative estimate of drug-likeness (QED) is 0.783. The predicted octanol–water partition coefficient (Wildman–Crippen LogP) is 0.955. The molecule has 0 spiro atoms.